The third kappa shape index (κ3) is 1.66. The molecule has 0 unspecified atom stereocenters. The normalized spacial score (nSPS) is 13.2. The highest BCUT2D eigenvalue weighted by atomic mass is 16.5. The van der Waals surface area contributed by atoms with Gasteiger partial charge in [-0.25, -0.2) is 0 Å². The summed E-state index contributed by atoms with van der Waals surface area (Å²) in [6.45, 7) is 2.85. The fraction of sp³-hybridized carbons (Fsp3) is 0.200. The second kappa shape index (κ2) is 3.81. The Labute approximate surface area is 101 Å². The van der Waals surface area contributed by atoms with Gasteiger partial charge in [-0.1, -0.05) is 29.8 Å². The van der Waals surface area contributed by atoms with Gasteiger partial charge in [0.15, 0.2) is 0 Å². The summed E-state index contributed by atoms with van der Waals surface area (Å²) < 4.78 is 5.72. The van der Waals surface area contributed by atoms with Crippen molar-refractivity contribution >= 4 is 5.69 Å². The first-order valence-corrected chi connectivity index (χ1v) is 5.87. The lowest BCUT2D eigenvalue weighted by Crippen LogP contribution is -1.93. The first-order valence-electron chi connectivity index (χ1n) is 5.87. The van der Waals surface area contributed by atoms with Crippen LogP contribution in [0.2, 0.25) is 0 Å². The van der Waals surface area contributed by atoms with E-state index in [4.69, 9.17) is 10.5 Å². The molecule has 0 saturated carbocycles. The monoisotopic (exact) mass is 225 g/mol. The molecule has 0 saturated heterocycles. The van der Waals surface area contributed by atoms with Crippen molar-refractivity contribution in [3.05, 3.63) is 47.5 Å². The van der Waals surface area contributed by atoms with Crippen LogP contribution >= 0.6 is 0 Å². The summed E-state index contributed by atoms with van der Waals surface area (Å²) in [5.41, 5.74) is 11.5. The fourth-order valence-electron chi connectivity index (χ4n) is 2.33. The van der Waals surface area contributed by atoms with Gasteiger partial charge in [-0.2, -0.15) is 0 Å². The molecule has 0 aliphatic carbocycles. The molecule has 0 radical (unpaired) electrons. The van der Waals surface area contributed by atoms with E-state index < -0.39 is 0 Å². The molecular weight excluding hydrogens is 210 g/mol. The van der Waals surface area contributed by atoms with Crippen LogP contribution in [0.3, 0.4) is 0 Å². The van der Waals surface area contributed by atoms with Crippen molar-refractivity contribution in [2.75, 3.05) is 12.3 Å². The van der Waals surface area contributed by atoms with Gasteiger partial charge in [0.05, 0.1) is 6.61 Å². The largest absolute Gasteiger partial charge is 0.492 e. The topological polar surface area (TPSA) is 35.2 Å². The van der Waals surface area contributed by atoms with E-state index in [0.717, 1.165) is 35.6 Å². The van der Waals surface area contributed by atoms with E-state index in [1.54, 1.807) is 0 Å². The molecule has 2 heteroatoms. The number of nitrogens with two attached hydrogens (primary N) is 1. The Morgan fingerprint density at radius 3 is 2.88 bits per heavy atom. The van der Waals surface area contributed by atoms with Gasteiger partial charge < -0.3 is 10.5 Å². The van der Waals surface area contributed by atoms with Crippen LogP contribution in [0.15, 0.2) is 36.4 Å². The van der Waals surface area contributed by atoms with E-state index in [2.05, 4.69) is 31.2 Å². The Kier molecular flexibility index (Phi) is 2.29. The number of rotatable bonds is 1. The number of benzene rings is 2. The van der Waals surface area contributed by atoms with Crippen molar-refractivity contribution in [1.29, 1.82) is 0 Å². The van der Waals surface area contributed by atoms with E-state index in [9.17, 15) is 0 Å². The second-order valence-corrected chi connectivity index (χ2v) is 4.48. The lowest BCUT2D eigenvalue weighted by atomic mass is 9.98. The van der Waals surface area contributed by atoms with E-state index in [0.29, 0.717) is 0 Å². The number of anilines is 1. The smallest absolute Gasteiger partial charge is 0.130 e. The third-order valence-electron chi connectivity index (χ3n) is 3.21. The number of hydrogen-bond donors (Lipinski definition) is 1. The maximum atomic E-state index is 6.06. The van der Waals surface area contributed by atoms with Crippen molar-refractivity contribution in [2.24, 2.45) is 0 Å². The molecule has 17 heavy (non-hydrogen) atoms. The quantitative estimate of drug-likeness (QED) is 0.756. The molecule has 0 aromatic heterocycles. The van der Waals surface area contributed by atoms with Gasteiger partial charge in [0.25, 0.3) is 0 Å². The van der Waals surface area contributed by atoms with Crippen LogP contribution in [0, 0.1) is 6.92 Å². The zero-order valence-electron chi connectivity index (χ0n) is 9.86. The first-order chi connectivity index (χ1) is 8.25. The van der Waals surface area contributed by atoms with Crippen LogP contribution in [0.25, 0.3) is 11.1 Å². The van der Waals surface area contributed by atoms with Gasteiger partial charge in [0, 0.05) is 23.2 Å². The molecule has 2 aromatic rings. The van der Waals surface area contributed by atoms with E-state index >= 15 is 0 Å². The van der Waals surface area contributed by atoms with Crippen LogP contribution in [-0.4, -0.2) is 6.61 Å². The average Bonchev–Trinajstić information content (AvgIpc) is 2.80. The predicted octanol–water partition coefficient (Wildman–Crippen LogP) is 3.18. The number of aryl methyl sites for hydroxylation is 1. The van der Waals surface area contributed by atoms with Crippen LogP contribution in [-0.2, 0) is 6.42 Å². The molecule has 1 aliphatic rings. The summed E-state index contributed by atoms with van der Waals surface area (Å²) in [6, 6.07) is 12.4. The highest BCUT2D eigenvalue weighted by Crippen LogP contribution is 2.39. The van der Waals surface area contributed by atoms with Crippen molar-refractivity contribution in [3.63, 3.8) is 0 Å². The Morgan fingerprint density at radius 2 is 2.00 bits per heavy atom. The summed E-state index contributed by atoms with van der Waals surface area (Å²) in [5.74, 6) is 1.00. The maximum absolute atomic E-state index is 6.06. The molecule has 2 aromatic carbocycles. The van der Waals surface area contributed by atoms with Gasteiger partial charge in [-0.3, -0.25) is 0 Å². The number of nitrogen functional groups attached to an aromatic ring is 1. The molecule has 2 nitrogen and oxygen atoms in total. The maximum Gasteiger partial charge on any atom is 0.130 e. The zero-order chi connectivity index (χ0) is 11.8. The van der Waals surface area contributed by atoms with Gasteiger partial charge in [0.1, 0.15) is 5.75 Å². The zero-order valence-corrected chi connectivity index (χ0v) is 9.86. The van der Waals surface area contributed by atoms with Gasteiger partial charge in [-0.15, -0.1) is 0 Å². The van der Waals surface area contributed by atoms with E-state index in [1.807, 2.05) is 12.1 Å². The van der Waals surface area contributed by atoms with E-state index in [1.165, 1.54) is 11.1 Å². The molecule has 3 rings (SSSR count). The Morgan fingerprint density at radius 1 is 1.12 bits per heavy atom. The van der Waals surface area contributed by atoms with Crippen molar-refractivity contribution in [2.45, 2.75) is 13.3 Å². The first kappa shape index (κ1) is 10.2. The summed E-state index contributed by atoms with van der Waals surface area (Å²) in [4.78, 5) is 0. The van der Waals surface area contributed by atoms with Crippen LogP contribution in [0.4, 0.5) is 5.69 Å². The predicted molar refractivity (Wildman–Crippen MR) is 70.2 cm³/mol. The molecule has 1 aliphatic heterocycles. The van der Waals surface area contributed by atoms with E-state index in [-0.39, 0.29) is 0 Å². The third-order valence-corrected chi connectivity index (χ3v) is 3.21. The van der Waals surface area contributed by atoms with Gasteiger partial charge in [-0.05, 0) is 24.6 Å². The molecule has 1 heterocycles. The molecule has 0 bridgehead atoms. The Balaban J connectivity index is 2.22. The van der Waals surface area contributed by atoms with Crippen LogP contribution in [0.1, 0.15) is 11.1 Å². The molecule has 2 N–H and O–H groups in total. The minimum atomic E-state index is 0.776. The minimum Gasteiger partial charge on any atom is -0.492 e. The molecule has 86 valence electrons. The standard InChI is InChI=1S/C15H15NO/c1-10-5-6-14(16)13(9-10)12-4-2-3-11-7-8-17-15(11)12/h2-6,9H,7-8,16H2,1H3. The summed E-state index contributed by atoms with van der Waals surface area (Å²) in [5, 5.41) is 0. The van der Waals surface area contributed by atoms with Crippen LogP contribution in [0.5, 0.6) is 5.75 Å². The highest BCUT2D eigenvalue weighted by Gasteiger charge is 2.17. The number of hydrogen-bond acceptors (Lipinski definition) is 2. The molecule has 0 atom stereocenters. The van der Waals surface area contributed by atoms with Crippen molar-refractivity contribution < 1.29 is 4.74 Å². The minimum absolute atomic E-state index is 0.776. The SMILES string of the molecule is Cc1ccc(N)c(-c2cccc3c2OCC3)c1. The summed E-state index contributed by atoms with van der Waals surface area (Å²) in [7, 11) is 0. The molecular formula is C15H15NO. The highest BCUT2D eigenvalue weighted by molar-refractivity contribution is 5.82. The Bertz CT molecular complexity index is 575. The van der Waals surface area contributed by atoms with Crippen LogP contribution < -0.4 is 10.5 Å². The summed E-state index contributed by atoms with van der Waals surface area (Å²) in [6.07, 6.45) is 0.995. The number of fused-ring (bicyclic) bond motifs is 1. The lowest BCUT2D eigenvalue weighted by Gasteiger charge is -2.11. The fourth-order valence-corrected chi connectivity index (χ4v) is 2.33. The number of para-hydroxylation sites is 1. The van der Waals surface area contributed by atoms with Gasteiger partial charge >= 0.3 is 0 Å². The average molecular weight is 225 g/mol. The molecule has 0 fully saturated rings. The number of ether oxygens (including phenoxy) is 1. The summed E-state index contributed by atoms with van der Waals surface area (Å²) >= 11 is 0. The second-order valence-electron chi connectivity index (χ2n) is 4.48. The molecule has 0 amide bonds. The Hall–Kier alpha value is -1.96. The molecule has 0 spiro atoms. The lowest BCUT2D eigenvalue weighted by molar-refractivity contribution is 0.358. The van der Waals surface area contributed by atoms with Crippen molar-refractivity contribution in [1.82, 2.24) is 0 Å². The van der Waals surface area contributed by atoms with Crippen molar-refractivity contribution in [3.8, 4) is 16.9 Å². The van der Waals surface area contributed by atoms with Gasteiger partial charge in [0.2, 0.25) is 0 Å².